The Kier molecular flexibility index (Phi) is 4.24. The maximum Gasteiger partial charge on any atom is 0.282 e. The summed E-state index contributed by atoms with van der Waals surface area (Å²) >= 11 is 0. The summed E-state index contributed by atoms with van der Waals surface area (Å²) in [4.78, 5) is 36.3. The smallest absolute Gasteiger partial charge is 0.282 e. The molecule has 0 radical (unpaired) electrons. The third-order valence-corrected chi connectivity index (χ3v) is 3.91. The van der Waals surface area contributed by atoms with Crippen molar-refractivity contribution in [2.75, 3.05) is 13.1 Å². The van der Waals surface area contributed by atoms with Crippen LogP contribution in [0.1, 0.15) is 26.3 Å². The molecule has 0 unspecified atom stereocenters. The summed E-state index contributed by atoms with van der Waals surface area (Å²) in [5.41, 5.74) is 1.42. The van der Waals surface area contributed by atoms with Crippen LogP contribution in [-0.2, 0) is 6.54 Å². The number of amides is 2. The van der Waals surface area contributed by atoms with E-state index in [1.807, 2.05) is 18.2 Å². The lowest BCUT2D eigenvalue weighted by molar-refractivity contribution is -0.385. The SMILES string of the molecule is O=C(NCCN1Cc2ccccc2C1=O)c1ccccc1[N+](=O)[O-]. The van der Waals surface area contributed by atoms with Crippen LogP contribution >= 0.6 is 0 Å². The van der Waals surface area contributed by atoms with E-state index in [4.69, 9.17) is 0 Å². The molecule has 2 amide bonds. The van der Waals surface area contributed by atoms with Crippen LogP contribution in [0.25, 0.3) is 0 Å². The van der Waals surface area contributed by atoms with Gasteiger partial charge in [0.25, 0.3) is 17.5 Å². The monoisotopic (exact) mass is 325 g/mol. The number of hydrogen-bond acceptors (Lipinski definition) is 4. The van der Waals surface area contributed by atoms with Gasteiger partial charge in [-0.25, -0.2) is 0 Å². The van der Waals surface area contributed by atoms with Crippen LogP contribution in [0, 0.1) is 10.1 Å². The van der Waals surface area contributed by atoms with Crippen molar-refractivity contribution in [1.29, 1.82) is 0 Å². The fourth-order valence-electron chi connectivity index (χ4n) is 2.72. The van der Waals surface area contributed by atoms with Gasteiger partial charge in [-0.1, -0.05) is 30.3 Å². The molecular weight excluding hydrogens is 310 g/mol. The Morgan fingerprint density at radius 3 is 2.62 bits per heavy atom. The Labute approximate surface area is 138 Å². The molecule has 0 atom stereocenters. The second-order valence-corrected chi connectivity index (χ2v) is 5.41. The molecule has 7 heteroatoms. The standard InChI is InChI=1S/C17H15N3O4/c21-16(14-7-3-4-8-15(14)20(23)24)18-9-10-19-11-12-5-1-2-6-13(12)17(19)22/h1-8H,9-11H2,(H,18,21). The summed E-state index contributed by atoms with van der Waals surface area (Å²) in [5.74, 6) is -0.586. The molecule has 2 aromatic carbocycles. The van der Waals surface area contributed by atoms with Gasteiger partial charge in [-0.05, 0) is 17.7 Å². The highest BCUT2D eigenvalue weighted by molar-refractivity contribution is 5.99. The molecule has 2 aromatic rings. The second kappa shape index (κ2) is 6.49. The van der Waals surface area contributed by atoms with Gasteiger partial charge in [0.05, 0.1) is 4.92 Å². The van der Waals surface area contributed by atoms with Crippen LogP contribution < -0.4 is 5.32 Å². The molecule has 1 aliphatic rings. The topological polar surface area (TPSA) is 92.6 Å². The Hall–Kier alpha value is -3.22. The first-order chi connectivity index (χ1) is 11.6. The van der Waals surface area contributed by atoms with Gasteiger partial charge in [0, 0.05) is 31.3 Å². The van der Waals surface area contributed by atoms with E-state index in [1.165, 1.54) is 18.2 Å². The predicted molar refractivity (Wildman–Crippen MR) is 86.6 cm³/mol. The Morgan fingerprint density at radius 1 is 1.17 bits per heavy atom. The van der Waals surface area contributed by atoms with E-state index >= 15 is 0 Å². The molecule has 1 aliphatic heterocycles. The first-order valence-corrected chi connectivity index (χ1v) is 7.46. The first-order valence-electron chi connectivity index (χ1n) is 7.46. The van der Waals surface area contributed by atoms with Crippen LogP contribution in [0.15, 0.2) is 48.5 Å². The van der Waals surface area contributed by atoms with E-state index < -0.39 is 10.8 Å². The Morgan fingerprint density at radius 2 is 1.88 bits per heavy atom. The van der Waals surface area contributed by atoms with Gasteiger partial charge in [0.2, 0.25) is 0 Å². The van der Waals surface area contributed by atoms with Crippen molar-refractivity contribution < 1.29 is 14.5 Å². The quantitative estimate of drug-likeness (QED) is 0.672. The summed E-state index contributed by atoms with van der Waals surface area (Å²) in [6, 6.07) is 13.2. The highest BCUT2D eigenvalue weighted by atomic mass is 16.6. The van der Waals surface area contributed by atoms with Gasteiger partial charge in [0.1, 0.15) is 5.56 Å². The molecular formula is C17H15N3O4. The molecule has 24 heavy (non-hydrogen) atoms. The highest BCUT2D eigenvalue weighted by Gasteiger charge is 2.26. The Bertz CT molecular complexity index is 819. The molecule has 0 aliphatic carbocycles. The molecule has 0 saturated heterocycles. The van der Waals surface area contributed by atoms with E-state index in [0.29, 0.717) is 18.7 Å². The number of hydrogen-bond donors (Lipinski definition) is 1. The number of fused-ring (bicyclic) bond motifs is 1. The molecule has 1 heterocycles. The number of benzene rings is 2. The molecule has 3 rings (SSSR count). The number of carbonyl (C=O) groups is 2. The third-order valence-electron chi connectivity index (χ3n) is 3.91. The number of para-hydroxylation sites is 1. The van der Waals surface area contributed by atoms with Gasteiger partial charge in [-0.2, -0.15) is 0 Å². The average Bonchev–Trinajstić information content (AvgIpc) is 2.91. The van der Waals surface area contributed by atoms with Crippen LogP contribution in [0.5, 0.6) is 0 Å². The third kappa shape index (κ3) is 2.96. The normalized spacial score (nSPS) is 12.8. The number of nitro groups is 1. The predicted octanol–water partition coefficient (Wildman–Crippen LogP) is 1.98. The van der Waals surface area contributed by atoms with Crippen molar-refractivity contribution in [3.8, 4) is 0 Å². The summed E-state index contributed by atoms with van der Waals surface area (Å²) in [7, 11) is 0. The maximum atomic E-state index is 12.2. The molecule has 122 valence electrons. The van der Waals surface area contributed by atoms with Gasteiger partial charge >= 0.3 is 0 Å². The number of carbonyl (C=O) groups excluding carboxylic acids is 2. The van der Waals surface area contributed by atoms with Crippen LogP contribution in [0.2, 0.25) is 0 Å². The largest absolute Gasteiger partial charge is 0.350 e. The molecule has 1 N–H and O–H groups in total. The Balaban J connectivity index is 1.59. The second-order valence-electron chi connectivity index (χ2n) is 5.41. The van der Waals surface area contributed by atoms with E-state index in [0.717, 1.165) is 5.56 Å². The first kappa shape index (κ1) is 15.7. The fraction of sp³-hybridized carbons (Fsp3) is 0.176. The van der Waals surface area contributed by atoms with Crippen molar-refractivity contribution in [3.63, 3.8) is 0 Å². The number of rotatable bonds is 5. The maximum absolute atomic E-state index is 12.2. The highest BCUT2D eigenvalue weighted by Crippen LogP contribution is 2.21. The van der Waals surface area contributed by atoms with E-state index in [2.05, 4.69) is 5.32 Å². The van der Waals surface area contributed by atoms with E-state index in [-0.39, 0.29) is 23.7 Å². The molecule has 0 aromatic heterocycles. The summed E-state index contributed by atoms with van der Waals surface area (Å²) in [6.07, 6.45) is 0. The minimum absolute atomic E-state index is 0.0125. The zero-order valence-electron chi connectivity index (χ0n) is 12.8. The lowest BCUT2D eigenvalue weighted by Gasteiger charge is -2.15. The summed E-state index contributed by atoms with van der Waals surface area (Å²) in [5, 5.41) is 13.6. The number of nitrogens with one attached hydrogen (secondary N) is 1. The molecule has 7 nitrogen and oxygen atoms in total. The van der Waals surface area contributed by atoms with Crippen LogP contribution in [0.3, 0.4) is 0 Å². The van der Waals surface area contributed by atoms with Crippen molar-refractivity contribution in [3.05, 3.63) is 75.3 Å². The molecule has 0 bridgehead atoms. The zero-order valence-corrected chi connectivity index (χ0v) is 12.8. The number of nitrogens with zero attached hydrogens (tertiary/aromatic N) is 2. The van der Waals surface area contributed by atoms with Gasteiger partial charge in [-0.3, -0.25) is 19.7 Å². The number of nitro benzene ring substituents is 1. The zero-order chi connectivity index (χ0) is 17.1. The minimum atomic E-state index is -0.588. The van der Waals surface area contributed by atoms with Gasteiger partial charge in [-0.15, -0.1) is 0 Å². The van der Waals surface area contributed by atoms with E-state index in [9.17, 15) is 19.7 Å². The van der Waals surface area contributed by atoms with Crippen LogP contribution in [-0.4, -0.2) is 34.7 Å². The molecule has 0 fully saturated rings. The van der Waals surface area contributed by atoms with Crippen LogP contribution in [0.4, 0.5) is 5.69 Å². The van der Waals surface area contributed by atoms with Crippen molar-refractivity contribution in [2.45, 2.75) is 6.54 Å². The van der Waals surface area contributed by atoms with Crippen molar-refractivity contribution >= 4 is 17.5 Å². The fourth-order valence-corrected chi connectivity index (χ4v) is 2.72. The lowest BCUT2D eigenvalue weighted by atomic mass is 10.1. The van der Waals surface area contributed by atoms with Crippen molar-refractivity contribution in [2.24, 2.45) is 0 Å². The molecule has 0 saturated carbocycles. The van der Waals surface area contributed by atoms with Crippen molar-refractivity contribution in [1.82, 2.24) is 10.2 Å². The minimum Gasteiger partial charge on any atom is -0.350 e. The summed E-state index contributed by atoms with van der Waals surface area (Å²) < 4.78 is 0. The lowest BCUT2D eigenvalue weighted by Crippen LogP contribution is -2.35. The van der Waals surface area contributed by atoms with E-state index in [1.54, 1.807) is 17.0 Å². The average molecular weight is 325 g/mol. The van der Waals surface area contributed by atoms with Gasteiger partial charge < -0.3 is 10.2 Å². The summed E-state index contributed by atoms with van der Waals surface area (Å²) in [6.45, 7) is 1.08. The van der Waals surface area contributed by atoms with Gasteiger partial charge in [0.15, 0.2) is 0 Å². The molecule has 0 spiro atoms.